The van der Waals surface area contributed by atoms with Crippen LogP contribution >= 0.6 is 0 Å². The fraction of sp³-hybridized carbons (Fsp3) is 0.235. The molecule has 1 N–H and O–H groups in total. The number of carbonyl (C=O) groups is 2. The van der Waals surface area contributed by atoms with Crippen molar-refractivity contribution in [2.75, 3.05) is 23.4 Å². The van der Waals surface area contributed by atoms with Crippen molar-refractivity contribution in [3.8, 4) is 5.75 Å². The molecule has 0 atom stereocenters. The van der Waals surface area contributed by atoms with E-state index in [4.69, 9.17) is 9.47 Å². The smallest absolute Gasteiger partial charge is 0.412 e. The topological polar surface area (TPSA) is 80.8 Å². The second-order valence-corrected chi connectivity index (χ2v) is 5.12. The molecule has 0 fully saturated rings. The number of hydrogen-bond acceptors (Lipinski definition) is 5. The number of fused-ring (bicyclic) bond motifs is 1. The molecule has 2 heterocycles. The Bertz CT molecular complexity index is 749. The fourth-order valence-electron chi connectivity index (χ4n) is 2.35. The molecule has 0 unspecified atom stereocenters. The molecule has 1 aromatic carbocycles. The van der Waals surface area contributed by atoms with E-state index in [0.29, 0.717) is 23.9 Å². The minimum absolute atomic E-state index is 0.0356. The molecule has 7 nitrogen and oxygen atoms in total. The average molecular weight is 327 g/mol. The van der Waals surface area contributed by atoms with Gasteiger partial charge < -0.3 is 9.47 Å². The van der Waals surface area contributed by atoms with E-state index in [2.05, 4.69) is 10.3 Å². The van der Waals surface area contributed by atoms with Crippen LogP contribution in [0.25, 0.3) is 0 Å². The summed E-state index contributed by atoms with van der Waals surface area (Å²) in [5.41, 5.74) is 0.976. The third kappa shape index (κ3) is 3.45. The summed E-state index contributed by atoms with van der Waals surface area (Å²) in [4.78, 5) is 29.7. The number of anilines is 2. The van der Waals surface area contributed by atoms with E-state index in [0.717, 1.165) is 5.56 Å². The van der Waals surface area contributed by atoms with Crippen molar-refractivity contribution in [1.82, 2.24) is 4.98 Å². The number of benzene rings is 1. The van der Waals surface area contributed by atoms with Crippen molar-refractivity contribution >= 4 is 23.6 Å². The quantitative estimate of drug-likeness (QED) is 0.933. The van der Waals surface area contributed by atoms with Crippen LogP contribution in [0.5, 0.6) is 5.75 Å². The third-order valence-corrected chi connectivity index (χ3v) is 3.44. The lowest BCUT2D eigenvalue weighted by Gasteiger charge is -2.28. The number of rotatable bonds is 4. The Morgan fingerprint density at radius 3 is 2.83 bits per heavy atom. The maximum absolute atomic E-state index is 12.2. The third-order valence-electron chi connectivity index (χ3n) is 3.44. The molecule has 24 heavy (non-hydrogen) atoms. The molecule has 7 heteroatoms. The van der Waals surface area contributed by atoms with Crippen molar-refractivity contribution in [3.63, 3.8) is 0 Å². The summed E-state index contributed by atoms with van der Waals surface area (Å²) in [5.74, 6) is 0.986. The second-order valence-electron chi connectivity index (χ2n) is 5.12. The number of aromatic nitrogens is 1. The van der Waals surface area contributed by atoms with Gasteiger partial charge in [0.2, 0.25) is 0 Å². The van der Waals surface area contributed by atoms with E-state index in [-0.39, 0.29) is 19.1 Å². The monoisotopic (exact) mass is 327 g/mol. The molecule has 1 aliphatic rings. The SMILES string of the molecule is CCOC(=O)Nc1ccc2c(n1)N(Cc1ccccc1)C(=O)CO2. The van der Waals surface area contributed by atoms with E-state index in [1.807, 2.05) is 30.3 Å². The zero-order chi connectivity index (χ0) is 16.9. The van der Waals surface area contributed by atoms with E-state index in [1.165, 1.54) is 0 Å². The lowest BCUT2D eigenvalue weighted by molar-refractivity contribution is -0.121. The molecule has 2 amide bonds. The number of carbonyl (C=O) groups excluding carboxylic acids is 2. The highest BCUT2D eigenvalue weighted by atomic mass is 16.5. The van der Waals surface area contributed by atoms with Gasteiger partial charge >= 0.3 is 6.09 Å². The lowest BCUT2D eigenvalue weighted by Crippen LogP contribution is -2.39. The van der Waals surface area contributed by atoms with E-state index < -0.39 is 6.09 Å². The van der Waals surface area contributed by atoms with Gasteiger partial charge in [-0.25, -0.2) is 9.78 Å². The van der Waals surface area contributed by atoms with Gasteiger partial charge in [0.1, 0.15) is 5.82 Å². The van der Waals surface area contributed by atoms with Gasteiger partial charge in [-0.1, -0.05) is 30.3 Å². The predicted octanol–water partition coefficient (Wildman–Crippen LogP) is 2.58. The Morgan fingerprint density at radius 2 is 2.08 bits per heavy atom. The standard InChI is InChI=1S/C17H17N3O4/c1-2-23-17(22)19-14-9-8-13-16(18-14)20(15(21)11-24-13)10-12-6-4-3-5-7-12/h3-9H,2,10-11H2,1H3,(H,18,19,22). The molecule has 1 aromatic heterocycles. The van der Waals surface area contributed by atoms with Crippen molar-refractivity contribution in [1.29, 1.82) is 0 Å². The van der Waals surface area contributed by atoms with Crippen LogP contribution in [0.4, 0.5) is 16.4 Å². The summed E-state index contributed by atoms with van der Waals surface area (Å²) in [5, 5.41) is 2.53. The van der Waals surface area contributed by atoms with Crippen molar-refractivity contribution in [2.24, 2.45) is 0 Å². The van der Waals surface area contributed by atoms with Crippen LogP contribution in [0, 0.1) is 0 Å². The zero-order valence-electron chi connectivity index (χ0n) is 13.2. The Morgan fingerprint density at radius 1 is 1.29 bits per heavy atom. The van der Waals surface area contributed by atoms with Crippen LogP contribution in [0.3, 0.4) is 0 Å². The molecule has 124 valence electrons. The Balaban J connectivity index is 1.87. The zero-order valence-corrected chi connectivity index (χ0v) is 13.2. The van der Waals surface area contributed by atoms with Gasteiger partial charge in [-0.3, -0.25) is 15.0 Å². The van der Waals surface area contributed by atoms with Gasteiger partial charge in [0.05, 0.1) is 13.2 Å². The molecular formula is C17H17N3O4. The van der Waals surface area contributed by atoms with Crippen molar-refractivity contribution < 1.29 is 19.1 Å². The molecule has 0 aliphatic carbocycles. The van der Waals surface area contributed by atoms with Gasteiger partial charge in [0, 0.05) is 0 Å². The van der Waals surface area contributed by atoms with Gasteiger partial charge in [0.25, 0.3) is 5.91 Å². The first-order valence-corrected chi connectivity index (χ1v) is 7.59. The molecule has 1 aliphatic heterocycles. The van der Waals surface area contributed by atoms with Crippen LogP contribution < -0.4 is 15.0 Å². The van der Waals surface area contributed by atoms with Gasteiger partial charge in [-0.15, -0.1) is 0 Å². The molecular weight excluding hydrogens is 310 g/mol. The van der Waals surface area contributed by atoms with Crippen molar-refractivity contribution in [2.45, 2.75) is 13.5 Å². The minimum Gasteiger partial charge on any atom is -0.480 e. The highest BCUT2D eigenvalue weighted by Crippen LogP contribution is 2.32. The Labute approximate surface area is 139 Å². The lowest BCUT2D eigenvalue weighted by atomic mass is 10.2. The number of pyridine rings is 1. The normalized spacial score (nSPS) is 13.0. The molecule has 3 rings (SSSR count). The molecule has 0 saturated heterocycles. The molecule has 0 radical (unpaired) electrons. The number of ether oxygens (including phenoxy) is 2. The minimum atomic E-state index is -0.595. The maximum atomic E-state index is 12.2. The Hall–Kier alpha value is -3.09. The summed E-state index contributed by atoms with van der Waals surface area (Å²) in [6.07, 6.45) is -0.595. The molecule has 0 spiro atoms. The highest BCUT2D eigenvalue weighted by Gasteiger charge is 2.27. The fourth-order valence-corrected chi connectivity index (χ4v) is 2.35. The second kappa shape index (κ2) is 6.99. The number of nitrogens with one attached hydrogen (secondary N) is 1. The van der Waals surface area contributed by atoms with E-state index in [9.17, 15) is 9.59 Å². The first kappa shape index (κ1) is 15.8. The number of nitrogens with zero attached hydrogens (tertiary/aromatic N) is 2. The van der Waals surface area contributed by atoms with E-state index >= 15 is 0 Å². The van der Waals surface area contributed by atoms with Crippen LogP contribution in [0.15, 0.2) is 42.5 Å². The molecule has 0 bridgehead atoms. The maximum Gasteiger partial charge on any atom is 0.412 e. The van der Waals surface area contributed by atoms with Crippen molar-refractivity contribution in [3.05, 3.63) is 48.0 Å². The Kier molecular flexibility index (Phi) is 4.60. The summed E-state index contributed by atoms with van der Waals surface area (Å²) in [7, 11) is 0. The molecule has 2 aromatic rings. The number of amides is 2. The molecule has 0 saturated carbocycles. The predicted molar refractivity (Wildman–Crippen MR) is 88.0 cm³/mol. The summed E-state index contributed by atoms with van der Waals surface area (Å²) in [6.45, 7) is 2.32. The van der Waals surface area contributed by atoms with E-state index in [1.54, 1.807) is 24.0 Å². The average Bonchev–Trinajstić information content (AvgIpc) is 2.59. The summed E-state index contributed by atoms with van der Waals surface area (Å²) in [6, 6.07) is 12.9. The summed E-state index contributed by atoms with van der Waals surface area (Å²) >= 11 is 0. The van der Waals surface area contributed by atoms with Crippen LogP contribution in [0.2, 0.25) is 0 Å². The summed E-state index contributed by atoms with van der Waals surface area (Å²) < 4.78 is 10.2. The van der Waals surface area contributed by atoms with Gasteiger partial charge in [-0.2, -0.15) is 0 Å². The van der Waals surface area contributed by atoms with Crippen LogP contribution in [0.1, 0.15) is 12.5 Å². The van der Waals surface area contributed by atoms with Gasteiger partial charge in [0.15, 0.2) is 18.2 Å². The van der Waals surface area contributed by atoms with Gasteiger partial charge in [-0.05, 0) is 24.6 Å². The largest absolute Gasteiger partial charge is 0.480 e. The van der Waals surface area contributed by atoms with Crippen LogP contribution in [-0.2, 0) is 16.1 Å². The van der Waals surface area contributed by atoms with Crippen LogP contribution in [-0.4, -0.2) is 30.2 Å². The highest BCUT2D eigenvalue weighted by molar-refractivity contribution is 5.97. The first-order valence-electron chi connectivity index (χ1n) is 7.59. The first-order chi connectivity index (χ1) is 11.7. The number of hydrogen-bond donors (Lipinski definition) is 1.